The Hall–Kier alpha value is -2.41. The first kappa shape index (κ1) is 14.2. The maximum atomic E-state index is 12.5. The molecule has 4 rings (SSSR count). The van der Waals surface area contributed by atoms with Gasteiger partial charge in [-0.05, 0) is 24.5 Å². The van der Waals surface area contributed by atoms with E-state index in [4.69, 9.17) is 4.74 Å². The summed E-state index contributed by atoms with van der Waals surface area (Å²) in [5.74, 6) is 0.274. The zero-order valence-electron chi connectivity index (χ0n) is 12.6. The third-order valence-electron chi connectivity index (χ3n) is 4.60. The lowest BCUT2D eigenvalue weighted by molar-refractivity contribution is -0.116. The van der Waals surface area contributed by atoms with Gasteiger partial charge in [-0.25, -0.2) is 0 Å². The molecule has 2 aliphatic rings. The number of pyridine rings is 1. The Morgan fingerprint density at radius 2 is 2.09 bits per heavy atom. The van der Waals surface area contributed by atoms with Crippen LogP contribution >= 0.6 is 0 Å². The van der Waals surface area contributed by atoms with Crippen molar-refractivity contribution in [2.45, 2.75) is 31.2 Å². The van der Waals surface area contributed by atoms with E-state index in [1.54, 1.807) is 12.4 Å². The van der Waals surface area contributed by atoms with E-state index < -0.39 is 0 Å². The van der Waals surface area contributed by atoms with Crippen LogP contribution < -0.4 is 10.9 Å². The summed E-state index contributed by atoms with van der Waals surface area (Å²) in [5.41, 5.74) is 1.38. The predicted molar refractivity (Wildman–Crippen MR) is 83.5 cm³/mol. The van der Waals surface area contributed by atoms with E-state index >= 15 is 0 Å². The van der Waals surface area contributed by atoms with Gasteiger partial charge in [0.15, 0.2) is 0 Å². The number of nitrogens with one attached hydrogen (secondary N) is 2. The Bertz CT molecular complexity index is 774. The molecule has 1 atom stereocenters. The van der Waals surface area contributed by atoms with Crippen molar-refractivity contribution in [3.05, 3.63) is 46.0 Å². The number of ether oxygens (including phenoxy) is 1. The van der Waals surface area contributed by atoms with E-state index in [-0.39, 0.29) is 29.8 Å². The van der Waals surface area contributed by atoms with E-state index in [1.165, 1.54) is 0 Å². The van der Waals surface area contributed by atoms with Gasteiger partial charge < -0.3 is 10.1 Å². The number of hydrogen-bond acceptors (Lipinski definition) is 4. The fourth-order valence-corrected chi connectivity index (χ4v) is 3.47. The van der Waals surface area contributed by atoms with Crippen molar-refractivity contribution in [1.82, 2.24) is 14.8 Å². The molecule has 2 aliphatic heterocycles. The second kappa shape index (κ2) is 5.66. The number of hydrogen-bond donors (Lipinski definition) is 2. The minimum Gasteiger partial charge on any atom is -0.381 e. The zero-order chi connectivity index (χ0) is 15.8. The van der Waals surface area contributed by atoms with Crippen LogP contribution in [0.5, 0.6) is 0 Å². The van der Waals surface area contributed by atoms with Crippen LogP contribution in [0.15, 0.2) is 29.3 Å². The highest BCUT2D eigenvalue weighted by Crippen LogP contribution is 2.36. The molecule has 0 saturated carbocycles. The summed E-state index contributed by atoms with van der Waals surface area (Å²) < 4.78 is 7.20. The van der Waals surface area contributed by atoms with Crippen LogP contribution in [-0.4, -0.2) is 33.9 Å². The summed E-state index contributed by atoms with van der Waals surface area (Å²) in [7, 11) is 0. The maximum Gasteiger partial charge on any atom is 0.270 e. The molecule has 23 heavy (non-hydrogen) atoms. The van der Waals surface area contributed by atoms with Crippen LogP contribution in [0.4, 0.5) is 5.82 Å². The first-order chi connectivity index (χ1) is 11.2. The Morgan fingerprint density at radius 1 is 1.26 bits per heavy atom. The number of aromatic amines is 1. The summed E-state index contributed by atoms with van der Waals surface area (Å²) in [6.45, 7) is 1.33. The predicted octanol–water partition coefficient (Wildman–Crippen LogP) is 1.40. The van der Waals surface area contributed by atoms with Crippen molar-refractivity contribution in [1.29, 1.82) is 0 Å². The van der Waals surface area contributed by atoms with E-state index in [2.05, 4.69) is 15.4 Å². The monoisotopic (exact) mass is 314 g/mol. The Kier molecular flexibility index (Phi) is 3.49. The zero-order valence-corrected chi connectivity index (χ0v) is 12.6. The van der Waals surface area contributed by atoms with Crippen LogP contribution in [0, 0.1) is 0 Å². The van der Waals surface area contributed by atoms with E-state index in [9.17, 15) is 9.59 Å². The molecule has 2 N–H and O–H groups in total. The fraction of sp³-hybridized carbons (Fsp3) is 0.438. The highest BCUT2D eigenvalue weighted by molar-refractivity contribution is 5.94. The lowest BCUT2D eigenvalue weighted by atomic mass is 9.88. The Morgan fingerprint density at radius 3 is 2.83 bits per heavy atom. The van der Waals surface area contributed by atoms with Gasteiger partial charge in [0.25, 0.3) is 5.56 Å². The fourth-order valence-electron chi connectivity index (χ4n) is 3.47. The molecule has 1 unspecified atom stereocenters. The van der Waals surface area contributed by atoms with Crippen molar-refractivity contribution in [2.24, 2.45) is 0 Å². The van der Waals surface area contributed by atoms with Gasteiger partial charge in [0.05, 0.1) is 11.6 Å². The van der Waals surface area contributed by atoms with E-state index in [0.29, 0.717) is 24.6 Å². The van der Waals surface area contributed by atoms with E-state index in [0.717, 1.165) is 18.4 Å². The highest BCUT2D eigenvalue weighted by atomic mass is 16.5. The molecule has 0 radical (unpaired) electrons. The van der Waals surface area contributed by atoms with Crippen LogP contribution in [0.1, 0.15) is 42.3 Å². The standard InChI is InChI=1S/C16H18N4O3/c21-13-8-12(10-2-1-5-17-9-10)14-15(18-13)20(19-16(14)22)11-3-6-23-7-4-11/h1-2,5,9,11-12H,3-4,6-8H2,(H,18,21)(H,19,22). The molecule has 0 bridgehead atoms. The molecule has 2 aromatic heterocycles. The minimum absolute atomic E-state index is 0.0776. The van der Waals surface area contributed by atoms with Gasteiger partial charge in [0, 0.05) is 37.9 Å². The molecule has 0 aromatic carbocycles. The second-order valence-electron chi connectivity index (χ2n) is 6.01. The molecule has 4 heterocycles. The van der Waals surface area contributed by atoms with Crippen LogP contribution in [0.3, 0.4) is 0 Å². The van der Waals surface area contributed by atoms with Crippen molar-refractivity contribution in [2.75, 3.05) is 18.5 Å². The Labute approximate surface area is 132 Å². The van der Waals surface area contributed by atoms with Gasteiger partial charge in [0.2, 0.25) is 5.91 Å². The summed E-state index contributed by atoms with van der Waals surface area (Å²) in [6.07, 6.45) is 5.32. The molecule has 0 aliphatic carbocycles. The molecule has 7 heteroatoms. The third kappa shape index (κ3) is 2.46. The van der Waals surface area contributed by atoms with E-state index in [1.807, 2.05) is 16.8 Å². The van der Waals surface area contributed by atoms with Crippen LogP contribution in [0.2, 0.25) is 0 Å². The number of nitrogens with zero attached hydrogens (tertiary/aromatic N) is 2. The van der Waals surface area contributed by atoms with Gasteiger partial charge in [-0.1, -0.05) is 6.07 Å². The van der Waals surface area contributed by atoms with Crippen LogP contribution in [-0.2, 0) is 9.53 Å². The number of anilines is 1. The molecule has 2 aromatic rings. The first-order valence-electron chi connectivity index (χ1n) is 7.86. The molecule has 1 saturated heterocycles. The van der Waals surface area contributed by atoms with Gasteiger partial charge in [-0.2, -0.15) is 0 Å². The summed E-state index contributed by atoms with van der Waals surface area (Å²) >= 11 is 0. The highest BCUT2D eigenvalue weighted by Gasteiger charge is 2.34. The van der Waals surface area contributed by atoms with Crippen molar-refractivity contribution < 1.29 is 9.53 Å². The normalized spacial score (nSPS) is 21.7. The molecule has 7 nitrogen and oxygen atoms in total. The molecule has 0 spiro atoms. The number of H-pyrrole nitrogens is 1. The Balaban J connectivity index is 1.80. The summed E-state index contributed by atoms with van der Waals surface area (Å²) in [6, 6.07) is 3.88. The molecular formula is C16H18N4O3. The number of amides is 1. The van der Waals surface area contributed by atoms with Gasteiger partial charge >= 0.3 is 0 Å². The largest absolute Gasteiger partial charge is 0.381 e. The third-order valence-corrected chi connectivity index (χ3v) is 4.60. The van der Waals surface area contributed by atoms with Gasteiger partial charge in [-0.15, -0.1) is 0 Å². The second-order valence-corrected chi connectivity index (χ2v) is 6.01. The van der Waals surface area contributed by atoms with Crippen molar-refractivity contribution in [3.63, 3.8) is 0 Å². The topological polar surface area (TPSA) is 89.0 Å². The molecule has 120 valence electrons. The lowest BCUT2D eigenvalue weighted by Crippen LogP contribution is -2.28. The number of carbonyl (C=O) groups excluding carboxylic acids is 1. The lowest BCUT2D eigenvalue weighted by Gasteiger charge is -2.28. The average Bonchev–Trinajstić information content (AvgIpc) is 2.92. The van der Waals surface area contributed by atoms with Gasteiger partial charge in [0.1, 0.15) is 5.82 Å². The van der Waals surface area contributed by atoms with Crippen molar-refractivity contribution >= 4 is 11.7 Å². The minimum atomic E-state index is -0.253. The number of fused-ring (bicyclic) bond motifs is 1. The molecule has 1 fully saturated rings. The average molecular weight is 314 g/mol. The first-order valence-corrected chi connectivity index (χ1v) is 7.86. The quantitative estimate of drug-likeness (QED) is 0.877. The smallest absolute Gasteiger partial charge is 0.270 e. The number of rotatable bonds is 2. The SMILES string of the molecule is O=C1CC(c2cccnc2)c2c(n(C3CCOCC3)[nH]c2=O)N1. The van der Waals surface area contributed by atoms with Crippen LogP contribution in [0.25, 0.3) is 0 Å². The summed E-state index contributed by atoms with van der Waals surface area (Å²) in [4.78, 5) is 28.8. The number of aromatic nitrogens is 3. The summed E-state index contributed by atoms with van der Waals surface area (Å²) in [5, 5.41) is 5.79. The molecular weight excluding hydrogens is 296 g/mol. The number of carbonyl (C=O) groups is 1. The van der Waals surface area contributed by atoms with Gasteiger partial charge in [-0.3, -0.25) is 24.4 Å². The van der Waals surface area contributed by atoms with Crippen molar-refractivity contribution in [3.8, 4) is 0 Å². The molecule has 1 amide bonds. The maximum absolute atomic E-state index is 12.5.